The molecule has 13 aromatic rings. The molecule has 0 saturated carbocycles. The molecular formula is C74H46N2. The van der Waals surface area contributed by atoms with Gasteiger partial charge < -0.3 is 9.47 Å². The molecule has 0 saturated heterocycles. The van der Waals surface area contributed by atoms with Gasteiger partial charge in [-0.05, 0) is 149 Å². The second-order valence-corrected chi connectivity index (χ2v) is 21.0. The smallest absolute Gasteiger partial charge is 0.0746 e. The molecule has 0 atom stereocenters. The third-order valence-corrected chi connectivity index (χ3v) is 17.6. The normalized spacial score (nSPS) is 14.0. The second-order valence-electron chi connectivity index (χ2n) is 21.0. The minimum atomic E-state index is -0.561. The summed E-state index contributed by atoms with van der Waals surface area (Å²) in [6.07, 6.45) is 0. The van der Waals surface area contributed by atoms with Crippen molar-refractivity contribution >= 4 is 38.9 Å². The summed E-state index contributed by atoms with van der Waals surface area (Å²) in [5.74, 6) is 0. The summed E-state index contributed by atoms with van der Waals surface area (Å²) in [7, 11) is 0. The van der Waals surface area contributed by atoms with Crippen molar-refractivity contribution in [1.82, 2.24) is 4.57 Å². The van der Waals surface area contributed by atoms with Crippen LogP contribution in [0.1, 0.15) is 44.5 Å². The summed E-state index contributed by atoms with van der Waals surface area (Å²) < 4.78 is 2.41. The number of para-hydroxylation sites is 2. The molecule has 2 heteroatoms. The molecule has 76 heavy (non-hydrogen) atoms. The van der Waals surface area contributed by atoms with Gasteiger partial charge in [-0.2, -0.15) is 0 Å². The first kappa shape index (κ1) is 41.7. The van der Waals surface area contributed by atoms with Crippen LogP contribution in [0, 0.1) is 0 Å². The van der Waals surface area contributed by atoms with Crippen LogP contribution in [-0.2, 0) is 10.8 Å². The Balaban J connectivity index is 0.938. The molecule has 0 radical (unpaired) electrons. The molecule has 352 valence electrons. The third-order valence-electron chi connectivity index (χ3n) is 17.6. The number of fused-ring (bicyclic) bond motifs is 23. The summed E-state index contributed by atoms with van der Waals surface area (Å²) in [6.45, 7) is 0. The number of benzene rings is 12. The van der Waals surface area contributed by atoms with Crippen LogP contribution < -0.4 is 4.90 Å². The lowest BCUT2D eigenvalue weighted by Gasteiger charge is -2.36. The van der Waals surface area contributed by atoms with Gasteiger partial charge >= 0.3 is 0 Å². The van der Waals surface area contributed by atoms with E-state index in [2.05, 4.69) is 289 Å². The van der Waals surface area contributed by atoms with Gasteiger partial charge in [0.25, 0.3) is 0 Å². The number of nitrogens with zero attached hydrogens (tertiary/aromatic N) is 2. The van der Waals surface area contributed by atoms with Crippen molar-refractivity contribution in [3.05, 3.63) is 324 Å². The molecule has 2 spiro atoms. The monoisotopic (exact) mass is 962 g/mol. The Kier molecular flexibility index (Phi) is 8.44. The predicted octanol–water partition coefficient (Wildman–Crippen LogP) is 18.6. The van der Waals surface area contributed by atoms with Gasteiger partial charge in [-0.25, -0.2) is 0 Å². The van der Waals surface area contributed by atoms with Gasteiger partial charge in [0, 0.05) is 33.4 Å². The molecule has 0 amide bonds. The molecule has 0 aliphatic heterocycles. The predicted molar refractivity (Wildman–Crippen MR) is 313 cm³/mol. The minimum absolute atomic E-state index is 0.498. The highest BCUT2D eigenvalue weighted by atomic mass is 15.1. The SMILES string of the molecule is c1ccc(-n2c3ccccc3c3c(-c4ccc(N(c5ccc6c(c5)C5(c7ccccc7-c7ccccc75)c5ccccc5-6)c5cccc6c5C5(c7ccccc7-c7ccccc75)c5ccccc5-6)cc4)cccc32)cc1. The zero-order valence-corrected chi connectivity index (χ0v) is 41.5. The summed E-state index contributed by atoms with van der Waals surface area (Å²) in [6, 6.07) is 105. The maximum Gasteiger partial charge on any atom is 0.0746 e. The van der Waals surface area contributed by atoms with E-state index in [9.17, 15) is 0 Å². The van der Waals surface area contributed by atoms with Gasteiger partial charge in [0.15, 0.2) is 0 Å². The van der Waals surface area contributed by atoms with Crippen molar-refractivity contribution in [3.63, 3.8) is 0 Å². The second kappa shape index (κ2) is 15.4. The topological polar surface area (TPSA) is 8.17 Å². The molecule has 2 nitrogen and oxygen atoms in total. The van der Waals surface area contributed by atoms with Crippen LogP contribution in [0.3, 0.4) is 0 Å². The van der Waals surface area contributed by atoms with Crippen molar-refractivity contribution in [3.8, 4) is 61.3 Å². The Bertz CT molecular complexity index is 4470. The molecule has 0 unspecified atom stereocenters. The molecular weight excluding hydrogens is 917 g/mol. The van der Waals surface area contributed by atoms with Gasteiger partial charge in [-0.3, -0.25) is 0 Å². The standard InChI is InChI=1S/C74H46N2/c1-2-20-48(21-3-1)76-68-37-17-10-28-60(68)71-51(29-18-38-69(71)76)47-40-42-49(43-41-47)75(50-44-45-58-56-26-6-13-33-63(56)73(67(58)46-50)61-31-11-4-22-52(61)53-23-5-12-32-62(53)73)70-39-19-30-59-57-27-9-16-36-66(57)74(72(59)70)64-34-14-7-24-54(64)55-25-8-15-35-65(55)74/h1-46H. The summed E-state index contributed by atoms with van der Waals surface area (Å²) in [4.78, 5) is 2.59. The van der Waals surface area contributed by atoms with Crippen LogP contribution in [0.5, 0.6) is 0 Å². The van der Waals surface area contributed by atoms with E-state index < -0.39 is 10.8 Å². The lowest BCUT2D eigenvalue weighted by atomic mass is 9.69. The van der Waals surface area contributed by atoms with E-state index in [4.69, 9.17) is 0 Å². The van der Waals surface area contributed by atoms with Crippen LogP contribution in [-0.4, -0.2) is 4.57 Å². The first-order valence-corrected chi connectivity index (χ1v) is 26.6. The Morgan fingerprint density at radius 3 is 1.28 bits per heavy atom. The average molecular weight is 963 g/mol. The largest absolute Gasteiger partial charge is 0.310 e. The van der Waals surface area contributed by atoms with Crippen molar-refractivity contribution in [2.45, 2.75) is 10.8 Å². The van der Waals surface area contributed by atoms with Crippen molar-refractivity contribution in [2.24, 2.45) is 0 Å². The first-order valence-electron chi connectivity index (χ1n) is 26.6. The van der Waals surface area contributed by atoms with Crippen LogP contribution in [0.2, 0.25) is 0 Å². The van der Waals surface area contributed by atoms with E-state index in [-0.39, 0.29) is 0 Å². The number of rotatable bonds is 5. The van der Waals surface area contributed by atoms with Gasteiger partial charge in [-0.15, -0.1) is 0 Å². The molecule has 17 rings (SSSR count). The molecule has 0 fully saturated rings. The van der Waals surface area contributed by atoms with Gasteiger partial charge in [0.05, 0.1) is 27.6 Å². The average Bonchev–Trinajstić information content (AvgIpc) is 4.45. The molecule has 1 heterocycles. The summed E-state index contributed by atoms with van der Waals surface area (Å²) in [5, 5.41) is 2.50. The number of hydrogen-bond acceptors (Lipinski definition) is 1. The van der Waals surface area contributed by atoms with E-state index >= 15 is 0 Å². The lowest BCUT2D eigenvalue weighted by Crippen LogP contribution is -2.28. The summed E-state index contributed by atoms with van der Waals surface area (Å²) >= 11 is 0. The highest BCUT2D eigenvalue weighted by Crippen LogP contribution is 2.67. The molecule has 0 N–H and O–H groups in total. The van der Waals surface area contributed by atoms with Gasteiger partial charge in [0.1, 0.15) is 0 Å². The quantitative estimate of drug-likeness (QED) is 0.167. The van der Waals surface area contributed by atoms with Crippen LogP contribution in [0.15, 0.2) is 279 Å². The maximum absolute atomic E-state index is 2.59. The Morgan fingerprint density at radius 2 is 0.697 bits per heavy atom. The van der Waals surface area contributed by atoms with E-state index in [0.29, 0.717) is 0 Å². The Morgan fingerprint density at radius 1 is 0.276 bits per heavy atom. The number of anilines is 3. The molecule has 12 aromatic carbocycles. The minimum Gasteiger partial charge on any atom is -0.310 e. The van der Waals surface area contributed by atoms with E-state index in [1.807, 2.05) is 0 Å². The van der Waals surface area contributed by atoms with Crippen LogP contribution in [0.4, 0.5) is 17.1 Å². The van der Waals surface area contributed by atoms with Crippen molar-refractivity contribution < 1.29 is 0 Å². The maximum atomic E-state index is 2.59. The number of hydrogen-bond donors (Lipinski definition) is 0. The van der Waals surface area contributed by atoms with E-state index in [0.717, 1.165) is 22.7 Å². The van der Waals surface area contributed by atoms with E-state index in [1.54, 1.807) is 0 Å². The fourth-order valence-electron chi connectivity index (χ4n) is 14.9. The Hall–Kier alpha value is -9.76. The van der Waals surface area contributed by atoms with E-state index in [1.165, 1.54) is 122 Å². The van der Waals surface area contributed by atoms with Crippen molar-refractivity contribution in [1.29, 1.82) is 0 Å². The first-order chi connectivity index (χ1) is 37.7. The lowest BCUT2D eigenvalue weighted by molar-refractivity contribution is 0.790. The molecule has 4 aliphatic carbocycles. The Labute approximate surface area is 441 Å². The summed E-state index contributed by atoms with van der Waals surface area (Å²) in [5.41, 5.74) is 29.2. The van der Waals surface area contributed by atoms with Gasteiger partial charge in [0.2, 0.25) is 0 Å². The highest BCUT2D eigenvalue weighted by molar-refractivity contribution is 6.16. The van der Waals surface area contributed by atoms with Crippen LogP contribution in [0.25, 0.3) is 83.1 Å². The molecule has 4 aliphatic rings. The molecule has 1 aromatic heterocycles. The third kappa shape index (κ3) is 5.20. The van der Waals surface area contributed by atoms with Crippen LogP contribution >= 0.6 is 0 Å². The fraction of sp³-hybridized carbons (Fsp3) is 0.0270. The van der Waals surface area contributed by atoms with Crippen molar-refractivity contribution in [2.75, 3.05) is 4.90 Å². The fourth-order valence-corrected chi connectivity index (χ4v) is 14.9. The number of aromatic nitrogens is 1. The molecule has 0 bridgehead atoms. The zero-order chi connectivity index (χ0) is 49.7. The van der Waals surface area contributed by atoms with Gasteiger partial charge in [-0.1, -0.05) is 224 Å². The zero-order valence-electron chi connectivity index (χ0n) is 41.5. The highest BCUT2D eigenvalue weighted by Gasteiger charge is 2.54.